The second kappa shape index (κ2) is 5.53. The van der Waals surface area contributed by atoms with Gasteiger partial charge in [-0.15, -0.1) is 5.10 Å². The molecular formula is C15H14FN7O. The first kappa shape index (κ1) is 14.5. The maximum absolute atomic E-state index is 13.2. The maximum atomic E-state index is 13.2. The fourth-order valence-corrected chi connectivity index (χ4v) is 2.85. The van der Waals surface area contributed by atoms with E-state index in [-0.39, 0.29) is 17.0 Å². The molecule has 4 heterocycles. The number of nitrogen functional groups attached to an aromatic ring is 1. The number of nitrogens with one attached hydrogen (secondary N) is 2. The predicted octanol–water partition coefficient (Wildman–Crippen LogP) is 0.744. The summed E-state index contributed by atoms with van der Waals surface area (Å²) in [5.41, 5.74) is 8.86. The minimum atomic E-state index is -0.564. The Bertz CT molecular complexity index is 952. The van der Waals surface area contributed by atoms with Crippen molar-refractivity contribution in [2.24, 2.45) is 0 Å². The fraction of sp³-hybridized carbons (Fsp3) is 0.200. The molecule has 1 aliphatic heterocycles. The van der Waals surface area contributed by atoms with Gasteiger partial charge in [-0.05, 0) is 24.1 Å². The number of hydrogen-bond donors (Lipinski definition) is 3. The van der Waals surface area contributed by atoms with Gasteiger partial charge in [0, 0.05) is 12.7 Å². The van der Waals surface area contributed by atoms with Crippen LogP contribution in [0.1, 0.15) is 21.5 Å². The van der Waals surface area contributed by atoms with Crippen molar-refractivity contribution in [3.63, 3.8) is 0 Å². The minimum Gasteiger partial charge on any atom is -0.381 e. The van der Waals surface area contributed by atoms with E-state index in [2.05, 4.69) is 25.7 Å². The van der Waals surface area contributed by atoms with Crippen molar-refractivity contribution in [3.8, 4) is 0 Å². The van der Waals surface area contributed by atoms with E-state index < -0.39 is 11.7 Å². The summed E-state index contributed by atoms with van der Waals surface area (Å²) in [6, 6.07) is 0. The Labute approximate surface area is 135 Å². The van der Waals surface area contributed by atoms with Crippen LogP contribution in [0.3, 0.4) is 0 Å². The van der Waals surface area contributed by atoms with E-state index in [9.17, 15) is 9.18 Å². The Morgan fingerprint density at radius 2 is 2.25 bits per heavy atom. The third kappa shape index (κ3) is 2.35. The molecule has 0 aromatic carbocycles. The number of hydrogen-bond acceptors (Lipinski definition) is 6. The van der Waals surface area contributed by atoms with Gasteiger partial charge in [0.15, 0.2) is 17.3 Å². The summed E-state index contributed by atoms with van der Waals surface area (Å²) in [4.78, 5) is 20.7. The second-order valence-corrected chi connectivity index (χ2v) is 5.51. The predicted molar refractivity (Wildman–Crippen MR) is 85.0 cm³/mol. The van der Waals surface area contributed by atoms with E-state index in [1.165, 1.54) is 0 Å². The molecule has 0 radical (unpaired) electrons. The quantitative estimate of drug-likeness (QED) is 0.640. The molecule has 0 spiro atoms. The highest BCUT2D eigenvalue weighted by molar-refractivity contribution is 6.11. The van der Waals surface area contributed by atoms with Crippen LogP contribution in [0.4, 0.5) is 15.9 Å². The van der Waals surface area contributed by atoms with Gasteiger partial charge in [-0.3, -0.25) is 9.78 Å². The molecular weight excluding hydrogens is 313 g/mol. The molecule has 1 amide bonds. The average molecular weight is 327 g/mol. The molecule has 122 valence electrons. The smallest absolute Gasteiger partial charge is 0.263 e. The normalized spacial score (nSPS) is 13.7. The number of carbonyl (C=O) groups is 1. The molecule has 4 N–H and O–H groups in total. The van der Waals surface area contributed by atoms with E-state index in [1.807, 2.05) is 0 Å². The third-order valence-electron chi connectivity index (χ3n) is 3.96. The lowest BCUT2D eigenvalue weighted by atomic mass is 10.0. The Hall–Kier alpha value is -3.07. The van der Waals surface area contributed by atoms with Crippen LogP contribution in [0, 0.1) is 5.82 Å². The Morgan fingerprint density at radius 3 is 3.12 bits per heavy atom. The molecule has 0 saturated heterocycles. The minimum absolute atomic E-state index is 0.00924. The van der Waals surface area contributed by atoms with Crippen LogP contribution < -0.4 is 16.4 Å². The van der Waals surface area contributed by atoms with Gasteiger partial charge < -0.3 is 16.4 Å². The van der Waals surface area contributed by atoms with Crippen molar-refractivity contribution in [3.05, 3.63) is 47.3 Å². The number of nitrogens with zero attached hydrogens (tertiary/aromatic N) is 4. The van der Waals surface area contributed by atoms with Crippen molar-refractivity contribution < 1.29 is 9.18 Å². The number of carbonyl (C=O) groups excluding carboxylic acids is 1. The first-order chi connectivity index (χ1) is 11.6. The van der Waals surface area contributed by atoms with E-state index in [1.54, 1.807) is 12.4 Å². The third-order valence-corrected chi connectivity index (χ3v) is 3.96. The first-order valence-electron chi connectivity index (χ1n) is 7.40. The van der Waals surface area contributed by atoms with Gasteiger partial charge in [-0.2, -0.15) is 0 Å². The standard InChI is InChI=1S/C15H14FN7O/c16-9-5-20-14-12(13(17)22-23(14)7-9)15(24)21-11-6-19-4-8-3-18-2-1-10(8)11/h4-7,18H,1-3H2,(H2,17,22)(H,21,24). The molecule has 24 heavy (non-hydrogen) atoms. The van der Waals surface area contributed by atoms with Crippen molar-refractivity contribution in [2.45, 2.75) is 13.0 Å². The van der Waals surface area contributed by atoms with Gasteiger partial charge in [-0.25, -0.2) is 13.9 Å². The molecule has 0 fully saturated rings. The summed E-state index contributed by atoms with van der Waals surface area (Å²) >= 11 is 0. The van der Waals surface area contributed by atoms with E-state index in [4.69, 9.17) is 5.73 Å². The van der Waals surface area contributed by atoms with Gasteiger partial charge in [0.1, 0.15) is 5.56 Å². The summed E-state index contributed by atoms with van der Waals surface area (Å²) in [5.74, 6) is -1.02. The summed E-state index contributed by atoms with van der Waals surface area (Å²) in [5, 5.41) is 10.0. The van der Waals surface area contributed by atoms with Crippen molar-refractivity contribution >= 4 is 23.1 Å². The molecule has 4 rings (SSSR count). The van der Waals surface area contributed by atoms with Crippen LogP contribution in [-0.2, 0) is 13.0 Å². The van der Waals surface area contributed by atoms with E-state index >= 15 is 0 Å². The van der Waals surface area contributed by atoms with E-state index in [0.29, 0.717) is 12.2 Å². The number of halogens is 1. The molecule has 0 unspecified atom stereocenters. The van der Waals surface area contributed by atoms with Gasteiger partial charge >= 0.3 is 0 Å². The lowest BCUT2D eigenvalue weighted by Gasteiger charge is -2.19. The molecule has 3 aromatic heterocycles. The molecule has 8 nitrogen and oxygen atoms in total. The molecule has 0 bridgehead atoms. The van der Waals surface area contributed by atoms with Gasteiger partial charge in [0.25, 0.3) is 5.91 Å². The molecule has 0 aliphatic carbocycles. The van der Waals surface area contributed by atoms with Crippen LogP contribution in [0.5, 0.6) is 0 Å². The largest absolute Gasteiger partial charge is 0.381 e. The molecule has 1 aliphatic rings. The SMILES string of the molecule is Nc1nn2cc(F)cnc2c1C(=O)Nc1cncc2c1CCNC2. The van der Waals surface area contributed by atoms with Crippen LogP contribution in [0.25, 0.3) is 5.65 Å². The van der Waals surface area contributed by atoms with Crippen LogP contribution in [0.2, 0.25) is 0 Å². The number of pyridine rings is 1. The maximum Gasteiger partial charge on any atom is 0.263 e. The number of nitrogens with two attached hydrogens (primary N) is 1. The monoisotopic (exact) mass is 327 g/mol. The van der Waals surface area contributed by atoms with Crippen LogP contribution in [0.15, 0.2) is 24.8 Å². The summed E-state index contributed by atoms with van der Waals surface area (Å²) in [7, 11) is 0. The average Bonchev–Trinajstić information content (AvgIpc) is 2.90. The van der Waals surface area contributed by atoms with Crippen LogP contribution in [-0.4, -0.2) is 32.0 Å². The number of anilines is 2. The zero-order chi connectivity index (χ0) is 16.7. The highest BCUT2D eigenvalue weighted by Gasteiger charge is 2.22. The molecule has 9 heteroatoms. The molecule has 0 atom stereocenters. The molecule has 0 saturated carbocycles. The van der Waals surface area contributed by atoms with Crippen molar-refractivity contribution in [2.75, 3.05) is 17.6 Å². The van der Waals surface area contributed by atoms with E-state index in [0.717, 1.165) is 41.0 Å². The van der Waals surface area contributed by atoms with Crippen molar-refractivity contribution in [1.29, 1.82) is 0 Å². The number of aromatic nitrogens is 4. The second-order valence-electron chi connectivity index (χ2n) is 5.51. The highest BCUT2D eigenvalue weighted by atomic mass is 19.1. The Morgan fingerprint density at radius 1 is 1.38 bits per heavy atom. The Balaban J connectivity index is 1.72. The lowest BCUT2D eigenvalue weighted by Crippen LogP contribution is -2.25. The lowest BCUT2D eigenvalue weighted by molar-refractivity contribution is 0.102. The molecule has 3 aromatic rings. The summed E-state index contributed by atoms with van der Waals surface area (Å²) in [6.45, 7) is 1.55. The van der Waals surface area contributed by atoms with Gasteiger partial charge in [-0.1, -0.05) is 0 Å². The number of rotatable bonds is 2. The number of amides is 1. The first-order valence-corrected chi connectivity index (χ1v) is 7.40. The van der Waals surface area contributed by atoms with Gasteiger partial charge in [0.2, 0.25) is 0 Å². The van der Waals surface area contributed by atoms with Gasteiger partial charge in [0.05, 0.1) is 24.3 Å². The zero-order valence-corrected chi connectivity index (χ0v) is 12.6. The zero-order valence-electron chi connectivity index (χ0n) is 12.6. The topological polar surface area (TPSA) is 110 Å². The van der Waals surface area contributed by atoms with Crippen molar-refractivity contribution in [1.82, 2.24) is 24.9 Å². The Kier molecular flexibility index (Phi) is 3.35. The highest BCUT2D eigenvalue weighted by Crippen LogP contribution is 2.24. The summed E-state index contributed by atoms with van der Waals surface area (Å²) in [6.07, 6.45) is 6.32. The van der Waals surface area contributed by atoms with Crippen LogP contribution >= 0.6 is 0 Å². The fourth-order valence-electron chi connectivity index (χ4n) is 2.85. The number of fused-ring (bicyclic) bond motifs is 2. The summed E-state index contributed by atoms with van der Waals surface area (Å²) < 4.78 is 14.4.